The summed E-state index contributed by atoms with van der Waals surface area (Å²) in [5.74, 6) is 1.000. The van der Waals surface area contributed by atoms with Crippen LogP contribution in [0, 0.1) is 25.7 Å². The van der Waals surface area contributed by atoms with E-state index in [0.717, 1.165) is 12.3 Å². The molecule has 2 aliphatic rings. The van der Waals surface area contributed by atoms with Crippen molar-refractivity contribution in [3.05, 3.63) is 16.8 Å². The second-order valence-corrected chi connectivity index (χ2v) is 5.86. The number of aryl methyl sites for hydroxylation is 1. The van der Waals surface area contributed by atoms with Crippen LogP contribution in [-0.4, -0.2) is 27.3 Å². The van der Waals surface area contributed by atoms with E-state index in [1.165, 1.54) is 19.3 Å². The van der Waals surface area contributed by atoms with Crippen molar-refractivity contribution in [1.82, 2.24) is 10.2 Å². The van der Waals surface area contributed by atoms with Gasteiger partial charge in [-0.1, -0.05) is 6.42 Å². The molecule has 0 radical (unpaired) electrons. The van der Waals surface area contributed by atoms with Crippen molar-refractivity contribution < 1.29 is 9.90 Å². The van der Waals surface area contributed by atoms with Gasteiger partial charge in [0.1, 0.15) is 5.56 Å². The zero-order valence-electron chi connectivity index (χ0n) is 11.3. The van der Waals surface area contributed by atoms with Gasteiger partial charge in [0.2, 0.25) is 0 Å². The third kappa shape index (κ3) is 2.07. The molecule has 2 N–H and O–H groups in total. The van der Waals surface area contributed by atoms with Gasteiger partial charge in [-0.15, -0.1) is 5.10 Å². The molecule has 1 aromatic rings. The molecule has 5 heteroatoms. The summed E-state index contributed by atoms with van der Waals surface area (Å²) in [6.07, 6.45) is 4.99. The highest BCUT2D eigenvalue weighted by Gasteiger charge is 2.40. The van der Waals surface area contributed by atoms with E-state index in [0.29, 0.717) is 29.0 Å². The van der Waals surface area contributed by atoms with Crippen molar-refractivity contribution in [3.8, 4) is 0 Å². The molecule has 5 nitrogen and oxygen atoms in total. The molecule has 0 amide bonds. The fourth-order valence-electron chi connectivity index (χ4n) is 3.57. The van der Waals surface area contributed by atoms with E-state index in [2.05, 4.69) is 15.5 Å². The highest BCUT2D eigenvalue weighted by molar-refractivity contribution is 5.94. The third-order valence-corrected chi connectivity index (χ3v) is 4.73. The lowest BCUT2D eigenvalue weighted by atomic mass is 9.95. The Kier molecular flexibility index (Phi) is 2.92. The molecular weight excluding hydrogens is 242 g/mol. The number of hydrogen-bond donors (Lipinski definition) is 2. The summed E-state index contributed by atoms with van der Waals surface area (Å²) in [5, 5.41) is 20.8. The molecule has 2 aliphatic carbocycles. The number of rotatable bonds is 3. The Balaban J connectivity index is 1.88. The van der Waals surface area contributed by atoms with Crippen LogP contribution in [0.4, 0.5) is 5.82 Å². The van der Waals surface area contributed by atoms with E-state index < -0.39 is 5.97 Å². The highest BCUT2D eigenvalue weighted by atomic mass is 16.4. The number of anilines is 1. The van der Waals surface area contributed by atoms with Gasteiger partial charge in [-0.3, -0.25) is 0 Å². The number of nitrogens with one attached hydrogen (secondary N) is 1. The molecule has 0 saturated heterocycles. The van der Waals surface area contributed by atoms with Crippen molar-refractivity contribution in [2.24, 2.45) is 11.8 Å². The minimum Gasteiger partial charge on any atom is -0.478 e. The van der Waals surface area contributed by atoms with Gasteiger partial charge in [0, 0.05) is 6.04 Å². The second-order valence-electron chi connectivity index (χ2n) is 5.86. The van der Waals surface area contributed by atoms with Gasteiger partial charge in [0.25, 0.3) is 0 Å². The molecule has 102 valence electrons. The predicted octanol–water partition coefficient (Wildman–Crippen LogP) is 2.39. The van der Waals surface area contributed by atoms with Crippen molar-refractivity contribution in [2.45, 2.75) is 45.6 Å². The van der Waals surface area contributed by atoms with Gasteiger partial charge in [0.05, 0.1) is 5.69 Å². The van der Waals surface area contributed by atoms with Crippen LogP contribution in [-0.2, 0) is 0 Å². The maximum absolute atomic E-state index is 11.4. The molecule has 0 aromatic carbocycles. The summed E-state index contributed by atoms with van der Waals surface area (Å²) in [7, 11) is 0. The first-order chi connectivity index (χ1) is 9.06. The molecule has 2 saturated carbocycles. The number of nitrogens with zero attached hydrogens (tertiary/aromatic N) is 2. The molecule has 3 unspecified atom stereocenters. The molecule has 2 bridgehead atoms. The van der Waals surface area contributed by atoms with Gasteiger partial charge < -0.3 is 10.4 Å². The van der Waals surface area contributed by atoms with E-state index in [9.17, 15) is 9.90 Å². The first-order valence-corrected chi connectivity index (χ1v) is 6.90. The normalized spacial score (nSPS) is 28.6. The van der Waals surface area contributed by atoms with Gasteiger partial charge in [0.15, 0.2) is 5.82 Å². The molecule has 0 aliphatic heterocycles. The van der Waals surface area contributed by atoms with Gasteiger partial charge in [-0.05, 0) is 50.5 Å². The Hall–Kier alpha value is -1.65. The molecule has 3 atom stereocenters. The number of carboxylic acids is 1. The van der Waals surface area contributed by atoms with Crippen LogP contribution in [0.3, 0.4) is 0 Å². The predicted molar refractivity (Wildman–Crippen MR) is 71.3 cm³/mol. The van der Waals surface area contributed by atoms with Crippen molar-refractivity contribution in [3.63, 3.8) is 0 Å². The number of aromatic nitrogens is 2. The fourth-order valence-corrected chi connectivity index (χ4v) is 3.57. The van der Waals surface area contributed by atoms with E-state index in [4.69, 9.17) is 0 Å². The number of carboxylic acid groups (broad SMARTS) is 1. The Bertz CT molecular complexity index is 530. The largest absolute Gasteiger partial charge is 0.478 e. The molecule has 1 aromatic heterocycles. The first-order valence-electron chi connectivity index (χ1n) is 6.90. The first kappa shape index (κ1) is 12.4. The zero-order valence-corrected chi connectivity index (χ0v) is 11.3. The standard InChI is InChI=1S/C14H19N3O2/c1-7-8(2)16-17-13(12(7)14(18)19)15-11-6-9-3-4-10(11)5-9/h9-11H,3-6H2,1-2H3,(H,15,17)(H,18,19). The van der Waals surface area contributed by atoms with Crippen molar-refractivity contribution in [2.75, 3.05) is 5.32 Å². The maximum atomic E-state index is 11.4. The molecule has 3 rings (SSSR count). The summed E-state index contributed by atoms with van der Waals surface area (Å²) < 4.78 is 0. The SMILES string of the molecule is Cc1nnc(NC2CC3CCC2C3)c(C(=O)O)c1C. The second kappa shape index (κ2) is 4.47. The van der Waals surface area contributed by atoms with Gasteiger partial charge in [-0.2, -0.15) is 5.10 Å². The molecular formula is C14H19N3O2. The minimum absolute atomic E-state index is 0.273. The van der Waals surface area contributed by atoms with E-state index >= 15 is 0 Å². The summed E-state index contributed by atoms with van der Waals surface area (Å²) in [6, 6.07) is 0.369. The highest BCUT2D eigenvalue weighted by Crippen LogP contribution is 2.45. The number of aromatic carboxylic acids is 1. The van der Waals surface area contributed by atoms with Crippen LogP contribution in [0.25, 0.3) is 0 Å². The number of carbonyl (C=O) groups is 1. The Morgan fingerprint density at radius 1 is 1.26 bits per heavy atom. The average Bonchev–Trinajstić information content (AvgIpc) is 2.95. The van der Waals surface area contributed by atoms with Crippen LogP contribution in [0.2, 0.25) is 0 Å². The van der Waals surface area contributed by atoms with Crippen LogP contribution in [0.1, 0.15) is 47.3 Å². The summed E-state index contributed by atoms with van der Waals surface area (Å²) >= 11 is 0. The monoisotopic (exact) mass is 261 g/mol. The topological polar surface area (TPSA) is 75.1 Å². The smallest absolute Gasteiger partial charge is 0.339 e. The van der Waals surface area contributed by atoms with E-state index in [1.807, 2.05) is 0 Å². The lowest BCUT2D eigenvalue weighted by molar-refractivity contribution is 0.0696. The van der Waals surface area contributed by atoms with E-state index in [1.54, 1.807) is 13.8 Å². The van der Waals surface area contributed by atoms with Crippen molar-refractivity contribution >= 4 is 11.8 Å². The maximum Gasteiger partial charge on any atom is 0.339 e. The number of fused-ring (bicyclic) bond motifs is 2. The average molecular weight is 261 g/mol. The van der Waals surface area contributed by atoms with Gasteiger partial charge >= 0.3 is 5.97 Å². The lowest BCUT2D eigenvalue weighted by Gasteiger charge is -2.24. The zero-order chi connectivity index (χ0) is 13.6. The Labute approximate surface area is 112 Å². The van der Waals surface area contributed by atoms with E-state index in [-0.39, 0.29) is 5.56 Å². The van der Waals surface area contributed by atoms with Crippen LogP contribution >= 0.6 is 0 Å². The summed E-state index contributed by atoms with van der Waals surface area (Å²) in [6.45, 7) is 3.58. The quantitative estimate of drug-likeness (QED) is 0.873. The summed E-state index contributed by atoms with van der Waals surface area (Å²) in [5.41, 5.74) is 1.65. The summed E-state index contributed by atoms with van der Waals surface area (Å²) in [4.78, 5) is 11.4. The molecule has 2 fully saturated rings. The van der Waals surface area contributed by atoms with Crippen LogP contribution in [0.15, 0.2) is 0 Å². The fraction of sp³-hybridized carbons (Fsp3) is 0.643. The number of hydrogen-bond acceptors (Lipinski definition) is 4. The third-order valence-electron chi connectivity index (χ3n) is 4.73. The minimum atomic E-state index is -0.929. The van der Waals surface area contributed by atoms with Crippen molar-refractivity contribution in [1.29, 1.82) is 0 Å². The molecule has 0 spiro atoms. The molecule has 1 heterocycles. The Morgan fingerprint density at radius 2 is 2.05 bits per heavy atom. The lowest BCUT2D eigenvalue weighted by Crippen LogP contribution is -2.28. The van der Waals surface area contributed by atoms with Gasteiger partial charge in [-0.25, -0.2) is 4.79 Å². The van der Waals surface area contributed by atoms with Crippen LogP contribution in [0.5, 0.6) is 0 Å². The Morgan fingerprint density at radius 3 is 2.63 bits per heavy atom. The van der Waals surface area contributed by atoms with Crippen LogP contribution < -0.4 is 5.32 Å². The molecule has 19 heavy (non-hydrogen) atoms.